The first-order chi connectivity index (χ1) is 14.9. The number of halogens is 1. The number of aromatic nitrogens is 2. The fourth-order valence-corrected chi connectivity index (χ4v) is 3.27. The van der Waals surface area contributed by atoms with Gasteiger partial charge in [-0.25, -0.2) is 4.98 Å². The molecule has 0 fully saturated rings. The maximum atomic E-state index is 12.8. The minimum Gasteiger partial charge on any atom is -0.456 e. The van der Waals surface area contributed by atoms with Crippen LogP contribution in [0.2, 0.25) is 5.02 Å². The van der Waals surface area contributed by atoms with E-state index >= 15 is 0 Å². The number of ether oxygens (including phenoxy) is 1. The van der Waals surface area contributed by atoms with Crippen molar-refractivity contribution in [3.63, 3.8) is 0 Å². The van der Waals surface area contributed by atoms with E-state index in [1.165, 1.54) is 0 Å². The maximum absolute atomic E-state index is 12.8. The smallest absolute Gasteiger partial charge is 0.251 e. The molecule has 1 heterocycles. The topological polar surface area (TPSA) is 93.0 Å². The van der Waals surface area contributed by atoms with Crippen LogP contribution in [0, 0.1) is 0 Å². The Bertz CT molecular complexity index is 1260. The molecule has 1 amide bonds. The van der Waals surface area contributed by atoms with Crippen molar-refractivity contribution < 1.29 is 9.53 Å². The lowest BCUT2D eigenvalue weighted by Crippen LogP contribution is -2.15. The van der Waals surface area contributed by atoms with Crippen molar-refractivity contribution in [3.8, 4) is 11.5 Å². The summed E-state index contributed by atoms with van der Waals surface area (Å²) in [6, 6.07) is 20.1. The van der Waals surface area contributed by atoms with Crippen LogP contribution in [0.1, 0.15) is 19.7 Å². The summed E-state index contributed by atoms with van der Waals surface area (Å²) in [6.45, 7) is 3.59. The Hall–Kier alpha value is -3.77. The van der Waals surface area contributed by atoms with E-state index in [0.29, 0.717) is 39.3 Å². The number of rotatable bonds is 5. The number of hydrogen-bond acceptors (Lipinski definition) is 4. The number of amides is 1. The van der Waals surface area contributed by atoms with Gasteiger partial charge < -0.3 is 20.8 Å². The number of carbonyl (C=O) groups is 1. The molecule has 4 rings (SSSR count). The maximum Gasteiger partial charge on any atom is 0.251 e. The van der Waals surface area contributed by atoms with Gasteiger partial charge in [-0.05, 0) is 44.2 Å². The minimum absolute atomic E-state index is 0.294. The second-order valence-corrected chi connectivity index (χ2v) is 7.50. The average Bonchev–Trinajstić information content (AvgIpc) is 3.21. The molecule has 0 atom stereocenters. The summed E-state index contributed by atoms with van der Waals surface area (Å²) < 4.78 is 5.78. The van der Waals surface area contributed by atoms with Crippen molar-refractivity contribution in [2.45, 2.75) is 13.8 Å². The molecule has 6 nitrogen and oxygen atoms in total. The summed E-state index contributed by atoms with van der Waals surface area (Å²) >= 11 is 6.36. The van der Waals surface area contributed by atoms with Crippen molar-refractivity contribution in [1.29, 1.82) is 0 Å². The van der Waals surface area contributed by atoms with Crippen LogP contribution in [-0.4, -0.2) is 15.9 Å². The van der Waals surface area contributed by atoms with Crippen LogP contribution in [0.5, 0.6) is 11.5 Å². The van der Waals surface area contributed by atoms with E-state index in [2.05, 4.69) is 15.3 Å². The first-order valence-corrected chi connectivity index (χ1v) is 10.1. The van der Waals surface area contributed by atoms with Gasteiger partial charge in [0.1, 0.15) is 17.3 Å². The second-order valence-electron chi connectivity index (χ2n) is 7.09. The van der Waals surface area contributed by atoms with Crippen LogP contribution in [0.4, 0.5) is 11.4 Å². The number of aromatic amines is 1. The van der Waals surface area contributed by atoms with Gasteiger partial charge in [-0.1, -0.05) is 41.9 Å². The number of carbonyl (C=O) groups excluding carboxylic acids is 1. The summed E-state index contributed by atoms with van der Waals surface area (Å²) in [5.41, 5.74) is 9.90. The third kappa shape index (κ3) is 4.39. The van der Waals surface area contributed by atoms with Crippen molar-refractivity contribution >= 4 is 45.5 Å². The Morgan fingerprint density at radius 3 is 2.52 bits per heavy atom. The van der Waals surface area contributed by atoms with E-state index < -0.39 is 0 Å². The molecule has 4 aromatic rings. The molecule has 31 heavy (non-hydrogen) atoms. The van der Waals surface area contributed by atoms with Gasteiger partial charge in [-0.3, -0.25) is 4.79 Å². The fraction of sp³-hybridized carbons (Fsp3) is 0.0833. The molecule has 0 aliphatic carbocycles. The van der Waals surface area contributed by atoms with Crippen molar-refractivity contribution in [3.05, 3.63) is 83.2 Å². The Balaban J connectivity index is 1.55. The van der Waals surface area contributed by atoms with Gasteiger partial charge in [0.15, 0.2) is 0 Å². The predicted molar refractivity (Wildman–Crippen MR) is 125 cm³/mol. The summed E-state index contributed by atoms with van der Waals surface area (Å²) in [7, 11) is 0. The first kappa shape index (κ1) is 20.5. The van der Waals surface area contributed by atoms with Crippen LogP contribution in [0.15, 0.2) is 72.3 Å². The molecular formula is C24H21ClN4O2. The monoisotopic (exact) mass is 432 g/mol. The molecule has 0 aliphatic rings. The molecular weight excluding hydrogens is 412 g/mol. The molecule has 0 aliphatic heterocycles. The van der Waals surface area contributed by atoms with E-state index in [1.807, 2.05) is 61.5 Å². The summed E-state index contributed by atoms with van der Waals surface area (Å²) in [5, 5.41) is 3.16. The van der Waals surface area contributed by atoms with Crippen LogP contribution < -0.4 is 15.8 Å². The van der Waals surface area contributed by atoms with E-state index in [4.69, 9.17) is 22.1 Å². The molecule has 0 radical (unpaired) electrons. The van der Waals surface area contributed by atoms with Gasteiger partial charge in [0.2, 0.25) is 0 Å². The van der Waals surface area contributed by atoms with E-state index in [1.54, 1.807) is 19.1 Å². The number of hydrogen-bond donors (Lipinski definition) is 3. The van der Waals surface area contributed by atoms with Gasteiger partial charge in [-0.2, -0.15) is 0 Å². The zero-order valence-electron chi connectivity index (χ0n) is 17.1. The largest absolute Gasteiger partial charge is 0.456 e. The Labute approximate surface area is 184 Å². The van der Waals surface area contributed by atoms with Gasteiger partial charge in [0, 0.05) is 17.2 Å². The summed E-state index contributed by atoms with van der Waals surface area (Å²) in [4.78, 5) is 20.6. The minimum atomic E-state index is -0.294. The Morgan fingerprint density at radius 2 is 1.77 bits per heavy atom. The highest BCUT2D eigenvalue weighted by atomic mass is 35.5. The number of nitrogens with zero attached hydrogens (tertiary/aromatic N) is 1. The zero-order chi connectivity index (χ0) is 22.0. The lowest BCUT2D eigenvalue weighted by molar-refractivity contribution is -0.112. The number of allylic oxidation sites excluding steroid dienone is 1. The molecule has 0 saturated heterocycles. The van der Waals surface area contributed by atoms with Gasteiger partial charge in [-0.15, -0.1) is 0 Å². The van der Waals surface area contributed by atoms with Crippen LogP contribution in [0.25, 0.3) is 16.6 Å². The number of anilines is 2. The lowest BCUT2D eigenvalue weighted by atomic mass is 10.1. The highest BCUT2D eigenvalue weighted by Gasteiger charge is 2.15. The first-order valence-electron chi connectivity index (χ1n) is 9.68. The quantitative estimate of drug-likeness (QED) is 0.265. The molecule has 156 valence electrons. The molecule has 0 spiro atoms. The Kier molecular flexibility index (Phi) is 5.64. The standard InChI is InChI=1S/C24H21ClN4O2/c1-14(23-27-19-10-6-7-11-20(19)28-23)15(2)24(30)29-21-12-17(25)22(13-18(21)26)31-16-8-4-3-5-9-16/h3-13H,26H2,1-2H3,(H,27,28)(H,29,30)/b15-14+. The number of H-pyrrole nitrogens is 1. The highest BCUT2D eigenvalue weighted by Crippen LogP contribution is 2.36. The number of imidazole rings is 1. The fourth-order valence-electron chi connectivity index (χ4n) is 3.07. The molecule has 0 bridgehead atoms. The van der Waals surface area contributed by atoms with E-state index in [0.717, 1.165) is 16.6 Å². The van der Waals surface area contributed by atoms with E-state index in [-0.39, 0.29) is 5.91 Å². The molecule has 7 heteroatoms. The SMILES string of the molecule is C/C(C(=O)Nc1cc(Cl)c(Oc2ccccc2)cc1N)=C(/C)c1nc2ccccc2[nH]1. The summed E-state index contributed by atoms with van der Waals surface area (Å²) in [5.74, 6) is 1.40. The normalized spacial score (nSPS) is 11.8. The number of para-hydroxylation sites is 3. The lowest BCUT2D eigenvalue weighted by Gasteiger charge is -2.13. The molecule has 1 aromatic heterocycles. The predicted octanol–water partition coefficient (Wildman–Crippen LogP) is 6.02. The number of nitrogen functional groups attached to an aromatic ring is 1. The van der Waals surface area contributed by atoms with E-state index in [9.17, 15) is 4.79 Å². The molecule has 3 aromatic carbocycles. The third-order valence-electron chi connectivity index (χ3n) is 4.97. The number of nitrogens with two attached hydrogens (primary N) is 1. The van der Waals surface area contributed by atoms with Crippen molar-refractivity contribution in [2.75, 3.05) is 11.1 Å². The van der Waals surface area contributed by atoms with Gasteiger partial charge >= 0.3 is 0 Å². The third-order valence-corrected chi connectivity index (χ3v) is 5.27. The van der Waals surface area contributed by atoms with Gasteiger partial charge in [0.25, 0.3) is 5.91 Å². The van der Waals surface area contributed by atoms with Gasteiger partial charge in [0.05, 0.1) is 27.4 Å². The van der Waals surface area contributed by atoms with Crippen molar-refractivity contribution in [1.82, 2.24) is 9.97 Å². The van der Waals surface area contributed by atoms with Crippen LogP contribution in [-0.2, 0) is 4.79 Å². The zero-order valence-corrected chi connectivity index (χ0v) is 17.8. The average molecular weight is 433 g/mol. The Morgan fingerprint density at radius 1 is 1.06 bits per heavy atom. The second kappa shape index (κ2) is 8.53. The van der Waals surface area contributed by atoms with Crippen LogP contribution in [0.3, 0.4) is 0 Å². The number of fused-ring (bicyclic) bond motifs is 1. The molecule has 4 N–H and O–H groups in total. The van der Waals surface area contributed by atoms with Crippen molar-refractivity contribution in [2.24, 2.45) is 0 Å². The number of benzene rings is 3. The summed E-state index contributed by atoms with van der Waals surface area (Å²) in [6.07, 6.45) is 0. The highest BCUT2D eigenvalue weighted by molar-refractivity contribution is 6.32. The molecule has 0 saturated carbocycles. The molecule has 0 unspecified atom stereocenters. The van der Waals surface area contributed by atoms with Crippen LogP contribution >= 0.6 is 11.6 Å². The number of nitrogens with one attached hydrogen (secondary N) is 2.